The second-order valence-corrected chi connectivity index (χ2v) is 2.74. The highest BCUT2D eigenvalue weighted by atomic mass is 19.3. The molecule has 0 saturated heterocycles. The Balaban J connectivity index is 3.43. The van der Waals surface area contributed by atoms with Crippen LogP contribution in [0.3, 0.4) is 0 Å². The third-order valence-corrected chi connectivity index (χ3v) is 1.82. The van der Waals surface area contributed by atoms with Gasteiger partial charge in [-0.2, -0.15) is 0 Å². The Kier molecular flexibility index (Phi) is 3.60. The zero-order valence-corrected chi connectivity index (χ0v) is 8.53. The summed E-state index contributed by atoms with van der Waals surface area (Å²) in [6.45, 7) is 0. The van der Waals surface area contributed by atoms with Gasteiger partial charge in [0.1, 0.15) is 11.4 Å². The lowest BCUT2D eigenvalue weighted by molar-refractivity contribution is 0.0687. The lowest BCUT2D eigenvalue weighted by Crippen LogP contribution is -2.07. The monoisotopic (exact) mass is 233 g/mol. The van der Waals surface area contributed by atoms with Crippen LogP contribution < -0.4 is 9.47 Å². The second-order valence-electron chi connectivity index (χ2n) is 2.74. The van der Waals surface area contributed by atoms with Gasteiger partial charge in [0.25, 0.3) is 6.43 Å². The van der Waals surface area contributed by atoms with Crippen molar-refractivity contribution in [2.45, 2.75) is 6.43 Å². The first-order valence-electron chi connectivity index (χ1n) is 4.15. The molecule has 0 saturated carbocycles. The molecular weight excluding hydrogens is 224 g/mol. The Hall–Kier alpha value is -1.92. The minimum absolute atomic E-state index is 0.213. The highest BCUT2D eigenvalue weighted by Gasteiger charge is 2.23. The number of carboxylic acid groups (broad SMARTS) is 1. The van der Waals surface area contributed by atoms with E-state index < -0.39 is 24.0 Å². The van der Waals surface area contributed by atoms with Crippen LogP contribution in [-0.2, 0) is 0 Å². The van der Waals surface area contributed by atoms with Crippen molar-refractivity contribution >= 4 is 5.97 Å². The molecule has 0 aliphatic carbocycles. The Bertz CT molecular complexity index is 383. The largest absolute Gasteiger partial charge is 0.496 e. The van der Waals surface area contributed by atoms with Gasteiger partial charge in [-0.05, 0) is 0 Å². The van der Waals surface area contributed by atoms with Crippen LogP contribution in [0.2, 0.25) is 0 Å². The molecule has 0 radical (unpaired) electrons. The molecule has 0 bridgehead atoms. The van der Waals surface area contributed by atoms with Crippen molar-refractivity contribution in [1.82, 2.24) is 4.98 Å². The Morgan fingerprint density at radius 3 is 2.44 bits per heavy atom. The van der Waals surface area contributed by atoms with E-state index in [0.29, 0.717) is 0 Å². The van der Waals surface area contributed by atoms with Crippen molar-refractivity contribution in [3.05, 3.63) is 17.3 Å². The summed E-state index contributed by atoms with van der Waals surface area (Å²) < 4.78 is 34.2. The van der Waals surface area contributed by atoms with E-state index in [1.165, 1.54) is 7.11 Å². The second kappa shape index (κ2) is 4.73. The van der Waals surface area contributed by atoms with Crippen molar-refractivity contribution in [2.24, 2.45) is 0 Å². The number of aromatic carboxylic acids is 1. The highest BCUT2D eigenvalue weighted by Crippen LogP contribution is 2.31. The van der Waals surface area contributed by atoms with Crippen molar-refractivity contribution in [3.8, 4) is 11.6 Å². The van der Waals surface area contributed by atoms with Crippen LogP contribution in [0.4, 0.5) is 8.78 Å². The molecule has 0 spiro atoms. The maximum absolute atomic E-state index is 12.4. The van der Waals surface area contributed by atoms with Crippen molar-refractivity contribution in [2.75, 3.05) is 14.2 Å². The van der Waals surface area contributed by atoms with Crippen LogP contribution in [0, 0.1) is 0 Å². The number of carbonyl (C=O) groups is 1. The summed E-state index contributed by atoms with van der Waals surface area (Å²) in [5, 5.41) is 8.85. The number of pyridine rings is 1. The third-order valence-electron chi connectivity index (χ3n) is 1.82. The zero-order chi connectivity index (χ0) is 12.3. The number of halogens is 2. The maximum Gasteiger partial charge on any atom is 0.345 e. The number of alkyl halides is 2. The fraction of sp³-hybridized carbons (Fsp3) is 0.333. The third kappa shape index (κ3) is 2.18. The normalized spacial score (nSPS) is 10.3. The minimum Gasteiger partial charge on any atom is -0.496 e. The molecule has 1 N–H and O–H groups in total. The van der Waals surface area contributed by atoms with Crippen LogP contribution in [0.25, 0.3) is 0 Å². The summed E-state index contributed by atoms with van der Waals surface area (Å²) in [7, 11) is 2.32. The minimum atomic E-state index is -2.83. The molecule has 1 aromatic rings. The van der Waals surface area contributed by atoms with E-state index in [1.54, 1.807) is 0 Å². The van der Waals surface area contributed by atoms with E-state index in [9.17, 15) is 13.6 Å². The summed E-state index contributed by atoms with van der Waals surface area (Å²) in [6.07, 6.45) is -2.83. The molecule has 7 heteroatoms. The van der Waals surface area contributed by atoms with E-state index in [0.717, 1.165) is 13.2 Å². The molecule has 1 rings (SSSR count). The van der Waals surface area contributed by atoms with Crippen molar-refractivity contribution in [3.63, 3.8) is 0 Å². The Labute approximate surface area is 89.6 Å². The molecule has 1 aromatic heterocycles. The molecule has 0 aliphatic heterocycles. The van der Waals surface area contributed by atoms with E-state index >= 15 is 0 Å². The van der Waals surface area contributed by atoms with Crippen molar-refractivity contribution in [1.29, 1.82) is 0 Å². The van der Waals surface area contributed by atoms with E-state index in [4.69, 9.17) is 9.84 Å². The number of aromatic nitrogens is 1. The predicted octanol–water partition coefficient (Wildman–Crippen LogP) is 1.73. The quantitative estimate of drug-likeness (QED) is 0.857. The molecule has 0 aliphatic rings. The molecular formula is C9H9F2NO4. The number of nitrogens with zero attached hydrogens (tertiary/aromatic N) is 1. The molecule has 0 amide bonds. The smallest absolute Gasteiger partial charge is 0.345 e. The first kappa shape index (κ1) is 12.2. The number of ether oxygens (including phenoxy) is 2. The number of methoxy groups -OCH3 is 2. The average molecular weight is 233 g/mol. The van der Waals surface area contributed by atoms with Crippen LogP contribution >= 0.6 is 0 Å². The molecule has 88 valence electrons. The van der Waals surface area contributed by atoms with Gasteiger partial charge in [-0.15, -0.1) is 0 Å². The van der Waals surface area contributed by atoms with Crippen LogP contribution in [-0.4, -0.2) is 30.3 Å². The molecule has 1 heterocycles. The van der Waals surface area contributed by atoms with Crippen LogP contribution in [0.5, 0.6) is 11.6 Å². The summed E-state index contributed by atoms with van der Waals surface area (Å²) in [5.41, 5.74) is -0.979. The molecule has 0 atom stereocenters. The summed E-state index contributed by atoms with van der Waals surface area (Å²) in [6, 6.07) is 0.872. The van der Waals surface area contributed by atoms with E-state index in [1.807, 2.05) is 0 Å². The molecule has 16 heavy (non-hydrogen) atoms. The fourth-order valence-electron chi connectivity index (χ4n) is 1.13. The molecule has 0 unspecified atom stereocenters. The maximum atomic E-state index is 12.4. The SMILES string of the molecule is COc1cc(C(F)F)nc(OC)c1C(=O)O. The first-order chi connectivity index (χ1) is 7.51. The lowest BCUT2D eigenvalue weighted by Gasteiger charge is -2.10. The van der Waals surface area contributed by atoms with Gasteiger partial charge in [-0.1, -0.05) is 0 Å². The van der Waals surface area contributed by atoms with Gasteiger partial charge in [-0.25, -0.2) is 18.6 Å². The average Bonchev–Trinajstić information content (AvgIpc) is 2.26. The number of hydrogen-bond donors (Lipinski definition) is 1. The van der Waals surface area contributed by atoms with Gasteiger partial charge in [0.05, 0.1) is 14.2 Å². The molecule has 5 nitrogen and oxygen atoms in total. The molecule has 0 aromatic carbocycles. The van der Waals surface area contributed by atoms with Crippen LogP contribution in [0.1, 0.15) is 22.5 Å². The Morgan fingerprint density at radius 1 is 1.44 bits per heavy atom. The van der Waals surface area contributed by atoms with Gasteiger partial charge in [0, 0.05) is 6.07 Å². The standard InChI is InChI=1S/C9H9F2NO4/c1-15-5-3-4(7(10)11)12-8(16-2)6(5)9(13)14/h3,7H,1-2H3,(H,13,14). The Morgan fingerprint density at radius 2 is 2.06 bits per heavy atom. The van der Waals surface area contributed by atoms with Gasteiger partial charge in [-0.3, -0.25) is 0 Å². The summed E-state index contributed by atoms with van der Waals surface area (Å²) in [5.74, 6) is -1.97. The number of carboxylic acids is 1. The van der Waals surface area contributed by atoms with Gasteiger partial charge in [0.15, 0.2) is 5.56 Å². The van der Waals surface area contributed by atoms with E-state index in [-0.39, 0.29) is 11.3 Å². The fourth-order valence-corrected chi connectivity index (χ4v) is 1.13. The van der Waals surface area contributed by atoms with Crippen LogP contribution in [0.15, 0.2) is 6.07 Å². The van der Waals surface area contributed by atoms with E-state index in [2.05, 4.69) is 9.72 Å². The zero-order valence-electron chi connectivity index (χ0n) is 8.53. The number of rotatable bonds is 4. The summed E-state index contributed by atoms with van der Waals surface area (Å²) in [4.78, 5) is 14.2. The molecule has 0 fully saturated rings. The first-order valence-corrected chi connectivity index (χ1v) is 4.15. The van der Waals surface area contributed by atoms with Gasteiger partial charge >= 0.3 is 5.97 Å². The van der Waals surface area contributed by atoms with Gasteiger partial charge < -0.3 is 14.6 Å². The van der Waals surface area contributed by atoms with Crippen molar-refractivity contribution < 1.29 is 28.2 Å². The van der Waals surface area contributed by atoms with Gasteiger partial charge in [0.2, 0.25) is 5.88 Å². The highest BCUT2D eigenvalue weighted by molar-refractivity contribution is 5.93. The number of hydrogen-bond acceptors (Lipinski definition) is 4. The topological polar surface area (TPSA) is 68.7 Å². The summed E-state index contributed by atoms with van der Waals surface area (Å²) >= 11 is 0. The lowest BCUT2D eigenvalue weighted by atomic mass is 10.2. The predicted molar refractivity (Wildman–Crippen MR) is 49.3 cm³/mol.